The lowest BCUT2D eigenvalue weighted by Gasteiger charge is -2.29. The average Bonchev–Trinajstić information content (AvgIpc) is 2.81. The molecule has 0 spiro atoms. The highest BCUT2D eigenvalue weighted by Crippen LogP contribution is 2.37. The zero-order valence-corrected chi connectivity index (χ0v) is 19.4. The summed E-state index contributed by atoms with van der Waals surface area (Å²) in [6.07, 6.45) is 15.7. The van der Waals surface area contributed by atoms with Gasteiger partial charge in [-0.05, 0) is 85.6 Å². The number of hydrogen-bond donors (Lipinski definition) is 0. The molecule has 1 heteroatoms. The molecule has 0 aromatic heterocycles. The van der Waals surface area contributed by atoms with E-state index in [-0.39, 0.29) is 0 Å². The van der Waals surface area contributed by atoms with Gasteiger partial charge in [0.25, 0.3) is 0 Å². The van der Waals surface area contributed by atoms with Crippen LogP contribution in [-0.4, -0.2) is 6.61 Å². The summed E-state index contributed by atoms with van der Waals surface area (Å²) in [7, 11) is 0. The van der Waals surface area contributed by atoms with Crippen molar-refractivity contribution in [3.63, 3.8) is 0 Å². The van der Waals surface area contributed by atoms with Gasteiger partial charge in [-0.3, -0.25) is 0 Å². The van der Waals surface area contributed by atoms with E-state index < -0.39 is 0 Å². The van der Waals surface area contributed by atoms with Crippen LogP contribution in [0.1, 0.15) is 101 Å². The maximum atomic E-state index is 5.82. The van der Waals surface area contributed by atoms with Crippen molar-refractivity contribution in [3.8, 4) is 5.75 Å². The van der Waals surface area contributed by atoms with E-state index in [2.05, 4.69) is 62.4 Å². The fourth-order valence-corrected chi connectivity index (χ4v) is 4.82. The minimum Gasteiger partial charge on any atom is -0.494 e. The molecule has 0 radical (unpaired) electrons. The Kier molecular flexibility index (Phi) is 9.80. The molecule has 0 heterocycles. The minimum atomic E-state index is 0.793. The van der Waals surface area contributed by atoms with Crippen LogP contribution < -0.4 is 4.74 Å². The van der Waals surface area contributed by atoms with Crippen molar-refractivity contribution in [2.45, 2.75) is 96.8 Å². The van der Waals surface area contributed by atoms with E-state index in [1.54, 1.807) is 5.56 Å². The van der Waals surface area contributed by atoms with Crippen LogP contribution >= 0.6 is 0 Å². The number of aryl methyl sites for hydroxylation is 2. The van der Waals surface area contributed by atoms with Crippen molar-refractivity contribution in [3.05, 3.63) is 65.2 Å². The Hall–Kier alpha value is -1.76. The Labute approximate surface area is 185 Å². The first-order chi connectivity index (χ1) is 14.8. The maximum absolute atomic E-state index is 5.82. The van der Waals surface area contributed by atoms with Gasteiger partial charge in [0.05, 0.1) is 6.61 Å². The van der Waals surface area contributed by atoms with E-state index in [9.17, 15) is 0 Å². The molecule has 2 aromatic rings. The number of hydrogen-bond acceptors (Lipinski definition) is 1. The van der Waals surface area contributed by atoms with Crippen molar-refractivity contribution in [1.29, 1.82) is 0 Å². The van der Waals surface area contributed by atoms with Gasteiger partial charge in [0.15, 0.2) is 0 Å². The first kappa shape index (κ1) is 22.9. The highest BCUT2D eigenvalue weighted by atomic mass is 16.5. The molecule has 0 aliphatic heterocycles. The van der Waals surface area contributed by atoms with E-state index in [0.29, 0.717) is 0 Å². The molecule has 1 aliphatic rings. The van der Waals surface area contributed by atoms with Crippen molar-refractivity contribution < 1.29 is 4.74 Å². The van der Waals surface area contributed by atoms with Gasteiger partial charge in [0, 0.05) is 0 Å². The van der Waals surface area contributed by atoms with Crippen molar-refractivity contribution >= 4 is 0 Å². The number of rotatable bonds is 12. The van der Waals surface area contributed by atoms with Crippen LogP contribution in [0, 0.1) is 5.92 Å². The fourth-order valence-electron chi connectivity index (χ4n) is 4.82. The highest BCUT2D eigenvalue weighted by Gasteiger charge is 2.21. The maximum Gasteiger partial charge on any atom is 0.119 e. The summed E-state index contributed by atoms with van der Waals surface area (Å²) in [5.41, 5.74) is 4.41. The summed E-state index contributed by atoms with van der Waals surface area (Å²) < 4.78 is 5.82. The lowest BCUT2D eigenvalue weighted by atomic mass is 9.77. The molecule has 1 aliphatic carbocycles. The van der Waals surface area contributed by atoms with Gasteiger partial charge in [0.1, 0.15) is 5.75 Å². The van der Waals surface area contributed by atoms with Crippen molar-refractivity contribution in [1.82, 2.24) is 0 Å². The van der Waals surface area contributed by atoms with Crippen LogP contribution in [0.15, 0.2) is 48.5 Å². The topological polar surface area (TPSA) is 9.23 Å². The van der Waals surface area contributed by atoms with Gasteiger partial charge in [-0.2, -0.15) is 0 Å². The van der Waals surface area contributed by atoms with Crippen molar-refractivity contribution in [2.75, 3.05) is 6.61 Å². The standard InChI is InChI=1S/C29H42O/c1-3-5-7-23-30-29-21-15-26(16-22-29)10-9-25-13-19-28(20-14-25)27-17-11-24(12-18-27)8-6-4-2/h13-16,19-22,24,27H,3-12,17-18,23H2,1-2H3. The van der Waals surface area contributed by atoms with E-state index in [4.69, 9.17) is 4.74 Å². The SMILES string of the molecule is CCCCCOc1ccc(CCc2ccc(C3CCC(CCCC)CC3)cc2)cc1. The third-order valence-corrected chi connectivity index (χ3v) is 6.91. The second kappa shape index (κ2) is 12.8. The van der Waals surface area contributed by atoms with Gasteiger partial charge < -0.3 is 4.74 Å². The molecule has 3 rings (SSSR count). The lowest BCUT2D eigenvalue weighted by molar-refractivity contribution is 0.304. The normalized spacial score (nSPS) is 19.0. The second-order valence-electron chi connectivity index (χ2n) is 9.30. The molecule has 0 bridgehead atoms. The minimum absolute atomic E-state index is 0.793. The summed E-state index contributed by atoms with van der Waals surface area (Å²) in [5.74, 6) is 2.79. The van der Waals surface area contributed by atoms with Crippen LogP contribution in [0.25, 0.3) is 0 Å². The fraction of sp³-hybridized carbons (Fsp3) is 0.586. The summed E-state index contributed by atoms with van der Waals surface area (Å²) >= 11 is 0. The quantitative estimate of drug-likeness (QED) is 0.321. The molecule has 2 aromatic carbocycles. The summed E-state index contributed by atoms with van der Waals surface area (Å²) in [4.78, 5) is 0. The van der Waals surface area contributed by atoms with Crippen LogP contribution in [0.3, 0.4) is 0 Å². The molecule has 0 amide bonds. The van der Waals surface area contributed by atoms with Crippen molar-refractivity contribution in [2.24, 2.45) is 5.92 Å². The first-order valence-electron chi connectivity index (χ1n) is 12.6. The van der Waals surface area contributed by atoms with E-state index in [0.717, 1.165) is 43.5 Å². The zero-order chi connectivity index (χ0) is 21.0. The molecule has 0 N–H and O–H groups in total. The summed E-state index contributed by atoms with van der Waals surface area (Å²) in [6, 6.07) is 18.2. The Morgan fingerprint density at radius 1 is 0.700 bits per heavy atom. The van der Waals surface area contributed by atoms with Crippen LogP contribution in [0.5, 0.6) is 5.75 Å². The molecule has 30 heavy (non-hydrogen) atoms. The monoisotopic (exact) mass is 406 g/mol. The van der Waals surface area contributed by atoms with E-state index in [1.807, 2.05) is 0 Å². The molecule has 0 unspecified atom stereocenters. The Morgan fingerprint density at radius 2 is 1.30 bits per heavy atom. The molecule has 0 saturated heterocycles. The largest absolute Gasteiger partial charge is 0.494 e. The first-order valence-corrected chi connectivity index (χ1v) is 12.6. The Balaban J connectivity index is 1.40. The van der Waals surface area contributed by atoms with Gasteiger partial charge in [-0.15, -0.1) is 0 Å². The number of benzene rings is 2. The van der Waals surface area contributed by atoms with Gasteiger partial charge in [-0.25, -0.2) is 0 Å². The molecule has 1 fully saturated rings. The Morgan fingerprint density at radius 3 is 1.90 bits per heavy atom. The van der Waals surface area contributed by atoms with Gasteiger partial charge in [-0.1, -0.05) is 82.3 Å². The van der Waals surface area contributed by atoms with Crippen LogP contribution in [0.4, 0.5) is 0 Å². The highest BCUT2D eigenvalue weighted by molar-refractivity contribution is 5.30. The predicted octanol–water partition coefficient (Wildman–Crippen LogP) is 8.50. The molecular formula is C29H42O. The number of unbranched alkanes of at least 4 members (excludes halogenated alkanes) is 3. The molecule has 0 atom stereocenters. The third-order valence-electron chi connectivity index (χ3n) is 6.91. The summed E-state index contributed by atoms with van der Waals surface area (Å²) in [6.45, 7) is 5.37. The van der Waals surface area contributed by atoms with Gasteiger partial charge in [0.2, 0.25) is 0 Å². The van der Waals surface area contributed by atoms with E-state index >= 15 is 0 Å². The summed E-state index contributed by atoms with van der Waals surface area (Å²) in [5, 5.41) is 0. The predicted molar refractivity (Wildman–Crippen MR) is 130 cm³/mol. The molecule has 164 valence electrons. The number of ether oxygens (including phenoxy) is 1. The zero-order valence-electron chi connectivity index (χ0n) is 19.4. The molecule has 1 nitrogen and oxygen atoms in total. The molecule has 1 saturated carbocycles. The average molecular weight is 407 g/mol. The van der Waals surface area contributed by atoms with Gasteiger partial charge >= 0.3 is 0 Å². The lowest BCUT2D eigenvalue weighted by Crippen LogP contribution is -2.13. The smallest absolute Gasteiger partial charge is 0.119 e. The van der Waals surface area contributed by atoms with Crippen LogP contribution in [-0.2, 0) is 12.8 Å². The van der Waals surface area contributed by atoms with Crippen LogP contribution in [0.2, 0.25) is 0 Å². The third kappa shape index (κ3) is 7.49. The van der Waals surface area contributed by atoms with E-state index in [1.165, 1.54) is 68.9 Å². The second-order valence-corrected chi connectivity index (χ2v) is 9.30. The Bertz CT molecular complexity index is 692. The molecular weight excluding hydrogens is 364 g/mol.